The quantitative estimate of drug-likeness (QED) is 0.885. The first-order valence-electron chi connectivity index (χ1n) is 7.88. The molecular weight excluding hydrogens is 292 g/mol. The number of hydrogen-bond acceptors (Lipinski definition) is 3. The molecule has 1 aliphatic rings. The van der Waals surface area contributed by atoms with Crippen LogP contribution in [0.5, 0.6) is 0 Å². The van der Waals surface area contributed by atoms with Gasteiger partial charge in [-0.05, 0) is 12.0 Å². The van der Waals surface area contributed by atoms with Crippen molar-refractivity contribution >= 4 is 6.03 Å². The third-order valence-electron chi connectivity index (χ3n) is 4.10. The highest BCUT2D eigenvalue weighted by Gasteiger charge is 2.21. The number of carbonyl (C=O) groups is 1. The molecule has 2 atom stereocenters. The molecule has 2 heterocycles. The van der Waals surface area contributed by atoms with Crippen molar-refractivity contribution in [1.29, 1.82) is 0 Å². The zero-order valence-corrected chi connectivity index (χ0v) is 13.2. The lowest BCUT2D eigenvalue weighted by molar-refractivity contribution is 0.185. The summed E-state index contributed by atoms with van der Waals surface area (Å²) in [6.07, 6.45) is 4.61. The van der Waals surface area contributed by atoms with Crippen molar-refractivity contribution in [1.82, 2.24) is 20.2 Å². The summed E-state index contributed by atoms with van der Waals surface area (Å²) >= 11 is 0. The molecule has 0 bridgehead atoms. The van der Waals surface area contributed by atoms with E-state index in [0.29, 0.717) is 12.5 Å². The number of nitrogens with zero attached hydrogens (tertiary/aromatic N) is 2. The van der Waals surface area contributed by atoms with Gasteiger partial charge in [0.1, 0.15) is 11.9 Å². The van der Waals surface area contributed by atoms with Crippen LogP contribution in [0, 0.1) is 5.92 Å². The molecule has 2 aromatic rings. The molecule has 2 unspecified atom stereocenters. The summed E-state index contributed by atoms with van der Waals surface area (Å²) in [5, 5.41) is 5.97. The van der Waals surface area contributed by atoms with Gasteiger partial charge in [0.05, 0.1) is 6.61 Å². The lowest BCUT2D eigenvalue weighted by Gasteiger charge is -2.20. The zero-order valence-electron chi connectivity index (χ0n) is 13.2. The molecule has 2 N–H and O–H groups in total. The van der Waals surface area contributed by atoms with Crippen molar-refractivity contribution in [3.05, 3.63) is 54.1 Å². The van der Waals surface area contributed by atoms with Crippen LogP contribution in [0.3, 0.4) is 0 Å². The maximum Gasteiger partial charge on any atom is 0.315 e. The van der Waals surface area contributed by atoms with Crippen LogP contribution in [0.1, 0.15) is 23.9 Å². The van der Waals surface area contributed by atoms with Gasteiger partial charge in [-0.15, -0.1) is 0 Å². The Labute approximate surface area is 135 Å². The normalized spacial score (nSPS) is 18.6. The Morgan fingerprint density at radius 2 is 2.26 bits per heavy atom. The number of aromatic nitrogens is 2. The predicted molar refractivity (Wildman–Crippen MR) is 87.0 cm³/mol. The van der Waals surface area contributed by atoms with E-state index in [0.717, 1.165) is 31.0 Å². The first-order valence-corrected chi connectivity index (χ1v) is 7.88. The van der Waals surface area contributed by atoms with Crippen LogP contribution in [0.15, 0.2) is 42.7 Å². The molecule has 3 rings (SSSR count). The van der Waals surface area contributed by atoms with Gasteiger partial charge in [-0.2, -0.15) is 0 Å². The van der Waals surface area contributed by atoms with Crippen LogP contribution in [-0.2, 0) is 11.8 Å². The summed E-state index contributed by atoms with van der Waals surface area (Å²) in [4.78, 5) is 16.7. The van der Waals surface area contributed by atoms with E-state index in [9.17, 15) is 4.79 Å². The van der Waals surface area contributed by atoms with Crippen molar-refractivity contribution in [2.75, 3.05) is 19.8 Å². The van der Waals surface area contributed by atoms with E-state index in [1.807, 2.05) is 48.1 Å². The number of amides is 2. The van der Waals surface area contributed by atoms with Crippen molar-refractivity contribution in [3.8, 4) is 0 Å². The van der Waals surface area contributed by atoms with Gasteiger partial charge in [-0.1, -0.05) is 30.3 Å². The monoisotopic (exact) mass is 314 g/mol. The van der Waals surface area contributed by atoms with Gasteiger partial charge >= 0.3 is 6.03 Å². The summed E-state index contributed by atoms with van der Waals surface area (Å²) in [5.41, 5.74) is 1.00. The number of benzene rings is 1. The van der Waals surface area contributed by atoms with Crippen LogP contribution in [0.25, 0.3) is 0 Å². The fourth-order valence-electron chi connectivity index (χ4n) is 2.76. The van der Waals surface area contributed by atoms with Gasteiger partial charge in [-0.25, -0.2) is 9.78 Å². The number of ether oxygens (including phenoxy) is 1. The minimum atomic E-state index is -0.281. The molecule has 6 heteroatoms. The van der Waals surface area contributed by atoms with E-state index in [2.05, 4.69) is 15.6 Å². The third-order valence-corrected chi connectivity index (χ3v) is 4.10. The molecule has 0 saturated carbocycles. The molecule has 23 heavy (non-hydrogen) atoms. The number of nitrogens with one attached hydrogen (secondary N) is 2. The average molecular weight is 314 g/mol. The predicted octanol–water partition coefficient (Wildman–Crippen LogP) is 1.85. The highest BCUT2D eigenvalue weighted by molar-refractivity contribution is 5.74. The fourth-order valence-corrected chi connectivity index (χ4v) is 2.76. The van der Waals surface area contributed by atoms with Crippen molar-refractivity contribution in [3.63, 3.8) is 0 Å². The summed E-state index contributed by atoms with van der Waals surface area (Å²) in [5.74, 6) is 1.21. The van der Waals surface area contributed by atoms with Crippen molar-refractivity contribution < 1.29 is 9.53 Å². The number of urea groups is 1. The van der Waals surface area contributed by atoms with Crippen LogP contribution < -0.4 is 10.6 Å². The average Bonchev–Trinajstić information content (AvgIpc) is 3.23. The third kappa shape index (κ3) is 3.90. The fraction of sp³-hybridized carbons (Fsp3) is 0.412. The largest absolute Gasteiger partial charge is 0.381 e. The summed E-state index contributed by atoms with van der Waals surface area (Å²) < 4.78 is 7.25. The molecule has 1 saturated heterocycles. The Morgan fingerprint density at radius 3 is 2.91 bits per heavy atom. The van der Waals surface area contributed by atoms with Gasteiger partial charge in [-0.3, -0.25) is 0 Å². The number of aryl methyl sites for hydroxylation is 1. The van der Waals surface area contributed by atoms with Gasteiger partial charge in [0.25, 0.3) is 0 Å². The van der Waals surface area contributed by atoms with E-state index in [1.165, 1.54) is 0 Å². The molecule has 1 aliphatic heterocycles. The Kier molecular flexibility index (Phi) is 4.92. The first-order chi connectivity index (χ1) is 11.2. The number of imidazole rings is 1. The Morgan fingerprint density at radius 1 is 1.43 bits per heavy atom. The van der Waals surface area contributed by atoms with Crippen molar-refractivity contribution in [2.45, 2.75) is 12.5 Å². The van der Waals surface area contributed by atoms with Gasteiger partial charge in [0.15, 0.2) is 0 Å². The SMILES string of the molecule is Cn1ccnc1C(NC(=O)NCC1CCOC1)c1ccccc1. The van der Waals surface area contributed by atoms with E-state index in [1.54, 1.807) is 6.20 Å². The molecule has 122 valence electrons. The van der Waals surface area contributed by atoms with Crippen LogP contribution in [0.4, 0.5) is 4.79 Å². The Bertz CT molecular complexity index is 635. The number of hydrogen-bond donors (Lipinski definition) is 2. The molecule has 1 fully saturated rings. The van der Waals surface area contributed by atoms with Crippen LogP contribution >= 0.6 is 0 Å². The second kappa shape index (κ2) is 7.28. The first kappa shape index (κ1) is 15.6. The minimum absolute atomic E-state index is 0.186. The number of carbonyl (C=O) groups excluding carboxylic acids is 1. The van der Waals surface area contributed by atoms with Crippen molar-refractivity contribution in [2.24, 2.45) is 13.0 Å². The lowest BCUT2D eigenvalue weighted by Crippen LogP contribution is -2.41. The molecular formula is C17H22N4O2. The molecule has 1 aromatic heterocycles. The molecule has 1 aromatic carbocycles. The highest BCUT2D eigenvalue weighted by atomic mass is 16.5. The minimum Gasteiger partial charge on any atom is -0.381 e. The lowest BCUT2D eigenvalue weighted by atomic mass is 10.1. The molecule has 0 radical (unpaired) electrons. The smallest absolute Gasteiger partial charge is 0.315 e. The maximum absolute atomic E-state index is 12.3. The van der Waals surface area contributed by atoms with E-state index >= 15 is 0 Å². The van der Waals surface area contributed by atoms with Gasteiger partial charge < -0.3 is 19.9 Å². The van der Waals surface area contributed by atoms with E-state index in [4.69, 9.17) is 4.74 Å². The molecule has 2 amide bonds. The zero-order chi connectivity index (χ0) is 16.1. The standard InChI is InChI=1S/C17H22N4O2/c1-21-9-8-18-16(21)15(14-5-3-2-4-6-14)20-17(22)19-11-13-7-10-23-12-13/h2-6,8-9,13,15H,7,10-12H2,1H3,(H2,19,20,22). The summed E-state index contributed by atoms with van der Waals surface area (Å²) in [6, 6.07) is 9.39. The highest BCUT2D eigenvalue weighted by Crippen LogP contribution is 2.20. The van der Waals surface area contributed by atoms with E-state index < -0.39 is 0 Å². The van der Waals surface area contributed by atoms with Crippen LogP contribution in [-0.4, -0.2) is 35.3 Å². The second-order valence-electron chi connectivity index (χ2n) is 5.82. The number of rotatable bonds is 5. The summed E-state index contributed by atoms with van der Waals surface area (Å²) in [7, 11) is 1.92. The second-order valence-corrected chi connectivity index (χ2v) is 5.82. The topological polar surface area (TPSA) is 68.2 Å². The Balaban J connectivity index is 1.68. The molecule has 0 aliphatic carbocycles. The van der Waals surface area contributed by atoms with Gasteiger partial charge in [0.2, 0.25) is 0 Å². The van der Waals surface area contributed by atoms with E-state index in [-0.39, 0.29) is 12.1 Å². The molecule has 6 nitrogen and oxygen atoms in total. The molecule has 0 spiro atoms. The van der Waals surface area contributed by atoms with Crippen LogP contribution in [0.2, 0.25) is 0 Å². The summed E-state index contributed by atoms with van der Waals surface area (Å²) in [6.45, 7) is 2.14. The Hall–Kier alpha value is -2.34. The van der Waals surface area contributed by atoms with Gasteiger partial charge in [0, 0.05) is 38.5 Å². The maximum atomic E-state index is 12.3.